The maximum atomic E-state index is 12.8. The molecular weight excluding hydrogens is 413 g/mol. The molecule has 1 fully saturated rings. The SMILES string of the molecule is Cn1ccc(C(=O)N2CCN(S(=O)(=O)c3ccc(Cl)c(Cl)c3)CC2)cc1=O. The van der Waals surface area contributed by atoms with Crippen LogP contribution in [0.4, 0.5) is 0 Å². The minimum absolute atomic E-state index is 0.0585. The first kappa shape index (κ1) is 19.9. The van der Waals surface area contributed by atoms with Crippen LogP contribution in [0.15, 0.2) is 46.2 Å². The van der Waals surface area contributed by atoms with E-state index in [0.717, 1.165) is 0 Å². The van der Waals surface area contributed by atoms with Gasteiger partial charge in [0.1, 0.15) is 0 Å². The summed E-state index contributed by atoms with van der Waals surface area (Å²) in [7, 11) is -2.13. The summed E-state index contributed by atoms with van der Waals surface area (Å²) in [6.45, 7) is 0.765. The Morgan fingerprint density at radius 2 is 1.67 bits per heavy atom. The molecule has 7 nitrogen and oxygen atoms in total. The number of sulfonamides is 1. The van der Waals surface area contributed by atoms with E-state index in [2.05, 4.69) is 0 Å². The molecule has 2 heterocycles. The zero-order valence-electron chi connectivity index (χ0n) is 14.4. The van der Waals surface area contributed by atoms with E-state index in [1.54, 1.807) is 13.1 Å². The number of carbonyl (C=O) groups is 1. The largest absolute Gasteiger partial charge is 0.336 e. The minimum atomic E-state index is -3.73. The molecule has 27 heavy (non-hydrogen) atoms. The van der Waals surface area contributed by atoms with Gasteiger partial charge in [-0.25, -0.2) is 8.42 Å². The number of hydrogen-bond acceptors (Lipinski definition) is 4. The zero-order valence-corrected chi connectivity index (χ0v) is 16.8. The van der Waals surface area contributed by atoms with E-state index in [4.69, 9.17) is 23.2 Å². The van der Waals surface area contributed by atoms with Crippen LogP contribution in [0.1, 0.15) is 10.4 Å². The molecule has 0 aliphatic carbocycles. The van der Waals surface area contributed by atoms with Gasteiger partial charge < -0.3 is 9.47 Å². The average Bonchev–Trinajstić information content (AvgIpc) is 2.65. The molecule has 0 saturated carbocycles. The molecule has 0 unspecified atom stereocenters. The maximum Gasteiger partial charge on any atom is 0.254 e. The highest BCUT2D eigenvalue weighted by Crippen LogP contribution is 2.27. The first-order valence-electron chi connectivity index (χ1n) is 8.11. The van der Waals surface area contributed by atoms with Gasteiger partial charge in [-0.2, -0.15) is 4.31 Å². The fourth-order valence-electron chi connectivity index (χ4n) is 2.78. The average molecular weight is 430 g/mol. The number of nitrogens with zero attached hydrogens (tertiary/aromatic N) is 3. The number of rotatable bonds is 3. The number of pyridine rings is 1. The molecule has 0 spiro atoms. The van der Waals surface area contributed by atoms with Crippen molar-refractivity contribution in [2.75, 3.05) is 26.2 Å². The molecule has 1 aromatic carbocycles. The minimum Gasteiger partial charge on any atom is -0.336 e. The molecule has 1 aliphatic heterocycles. The summed E-state index contributed by atoms with van der Waals surface area (Å²) in [5.41, 5.74) is 0.0144. The van der Waals surface area contributed by atoms with Gasteiger partial charge in [0.2, 0.25) is 10.0 Å². The summed E-state index contributed by atoms with van der Waals surface area (Å²) in [4.78, 5) is 25.8. The number of benzene rings is 1. The molecule has 144 valence electrons. The number of hydrogen-bond donors (Lipinski definition) is 0. The predicted molar refractivity (Wildman–Crippen MR) is 103 cm³/mol. The number of aryl methyl sites for hydroxylation is 1. The van der Waals surface area contributed by atoms with Crippen molar-refractivity contribution in [3.63, 3.8) is 0 Å². The zero-order chi connectivity index (χ0) is 19.8. The Kier molecular flexibility index (Phi) is 5.62. The molecular formula is C17H17Cl2N3O4S. The van der Waals surface area contributed by atoms with Crippen LogP contribution in [0.25, 0.3) is 0 Å². The van der Waals surface area contributed by atoms with Crippen molar-refractivity contribution in [1.82, 2.24) is 13.8 Å². The third-order valence-corrected chi connectivity index (χ3v) is 7.04. The number of piperazine rings is 1. The summed E-state index contributed by atoms with van der Waals surface area (Å²) in [6.07, 6.45) is 1.53. The van der Waals surface area contributed by atoms with Gasteiger partial charge in [-0.05, 0) is 24.3 Å². The monoisotopic (exact) mass is 429 g/mol. The standard InChI is InChI=1S/C17H17Cl2N3O4S/c1-20-5-4-12(10-16(20)23)17(24)21-6-8-22(9-7-21)27(25,26)13-2-3-14(18)15(19)11-13/h2-5,10-11H,6-9H2,1H3. The van der Waals surface area contributed by atoms with E-state index in [1.807, 2.05) is 0 Å². The second-order valence-corrected chi connectivity index (χ2v) is 8.89. The molecule has 0 radical (unpaired) electrons. The Balaban J connectivity index is 1.72. The fourth-order valence-corrected chi connectivity index (χ4v) is 4.59. The van der Waals surface area contributed by atoms with Crippen molar-refractivity contribution in [2.45, 2.75) is 4.90 Å². The number of aromatic nitrogens is 1. The smallest absolute Gasteiger partial charge is 0.254 e. The van der Waals surface area contributed by atoms with E-state index in [1.165, 1.54) is 44.2 Å². The lowest BCUT2D eigenvalue weighted by Crippen LogP contribution is -2.50. The van der Waals surface area contributed by atoms with E-state index in [-0.39, 0.29) is 52.6 Å². The van der Waals surface area contributed by atoms with Crippen molar-refractivity contribution < 1.29 is 13.2 Å². The van der Waals surface area contributed by atoms with E-state index >= 15 is 0 Å². The summed E-state index contributed by atoms with van der Waals surface area (Å²) < 4.78 is 28.2. The van der Waals surface area contributed by atoms with Crippen molar-refractivity contribution in [1.29, 1.82) is 0 Å². The highest BCUT2D eigenvalue weighted by atomic mass is 35.5. The molecule has 1 amide bonds. The fraction of sp³-hybridized carbons (Fsp3) is 0.294. The molecule has 3 rings (SSSR count). The Hall–Kier alpha value is -1.87. The van der Waals surface area contributed by atoms with Crippen molar-refractivity contribution in [3.8, 4) is 0 Å². The Morgan fingerprint density at radius 1 is 1.00 bits per heavy atom. The highest BCUT2D eigenvalue weighted by Gasteiger charge is 2.30. The van der Waals surface area contributed by atoms with Gasteiger partial charge >= 0.3 is 0 Å². The van der Waals surface area contributed by atoms with Gasteiger partial charge in [-0.3, -0.25) is 9.59 Å². The molecule has 0 bridgehead atoms. The Labute approximate surface area is 166 Å². The second kappa shape index (κ2) is 7.63. The maximum absolute atomic E-state index is 12.8. The van der Waals surface area contributed by atoms with Crippen LogP contribution in [-0.2, 0) is 17.1 Å². The number of amides is 1. The lowest BCUT2D eigenvalue weighted by molar-refractivity contribution is 0.0697. The van der Waals surface area contributed by atoms with E-state index in [0.29, 0.717) is 5.56 Å². The molecule has 1 aliphatic rings. The molecule has 0 atom stereocenters. The van der Waals surface area contributed by atoms with Crippen LogP contribution in [0.3, 0.4) is 0 Å². The first-order valence-corrected chi connectivity index (χ1v) is 10.3. The topological polar surface area (TPSA) is 79.7 Å². The summed E-state index contributed by atoms with van der Waals surface area (Å²) in [6, 6.07) is 7.01. The molecule has 10 heteroatoms. The van der Waals surface area contributed by atoms with Crippen molar-refractivity contribution >= 4 is 39.1 Å². The van der Waals surface area contributed by atoms with Crippen LogP contribution in [0.2, 0.25) is 10.0 Å². The normalized spacial score (nSPS) is 15.7. The second-order valence-electron chi connectivity index (χ2n) is 6.14. The third kappa shape index (κ3) is 4.03. The van der Waals surface area contributed by atoms with Crippen LogP contribution in [0, 0.1) is 0 Å². The van der Waals surface area contributed by atoms with Gasteiger partial charge in [0, 0.05) is 51.1 Å². The van der Waals surface area contributed by atoms with Gasteiger partial charge in [0.15, 0.2) is 0 Å². The third-order valence-electron chi connectivity index (χ3n) is 4.41. The van der Waals surface area contributed by atoms with Crippen LogP contribution in [-0.4, -0.2) is 54.3 Å². The molecule has 0 N–H and O–H groups in total. The number of carbonyl (C=O) groups excluding carboxylic acids is 1. The summed E-state index contributed by atoms with van der Waals surface area (Å²) in [5.74, 6) is -0.292. The van der Waals surface area contributed by atoms with Gasteiger partial charge in [-0.1, -0.05) is 23.2 Å². The van der Waals surface area contributed by atoms with Crippen LogP contribution in [0.5, 0.6) is 0 Å². The summed E-state index contributed by atoms with van der Waals surface area (Å²) in [5, 5.41) is 0.442. The molecule has 2 aromatic rings. The highest BCUT2D eigenvalue weighted by molar-refractivity contribution is 7.89. The number of halogens is 2. The predicted octanol–water partition coefficient (Wildman–Crippen LogP) is 1.84. The Morgan fingerprint density at radius 3 is 2.26 bits per heavy atom. The van der Waals surface area contributed by atoms with Crippen molar-refractivity contribution in [2.24, 2.45) is 7.05 Å². The molecule has 1 aromatic heterocycles. The van der Waals surface area contributed by atoms with Gasteiger partial charge in [0.25, 0.3) is 11.5 Å². The van der Waals surface area contributed by atoms with Gasteiger partial charge in [0.05, 0.1) is 14.9 Å². The first-order chi connectivity index (χ1) is 12.7. The van der Waals surface area contributed by atoms with Crippen LogP contribution < -0.4 is 5.56 Å². The van der Waals surface area contributed by atoms with E-state index < -0.39 is 10.0 Å². The Bertz CT molecular complexity index is 1040. The van der Waals surface area contributed by atoms with Crippen molar-refractivity contribution in [3.05, 3.63) is 62.5 Å². The molecule has 1 saturated heterocycles. The van der Waals surface area contributed by atoms with E-state index in [9.17, 15) is 18.0 Å². The van der Waals surface area contributed by atoms with Gasteiger partial charge in [-0.15, -0.1) is 0 Å². The van der Waals surface area contributed by atoms with Crippen LogP contribution >= 0.6 is 23.2 Å². The summed E-state index contributed by atoms with van der Waals surface area (Å²) >= 11 is 11.8. The lowest BCUT2D eigenvalue weighted by Gasteiger charge is -2.34. The lowest BCUT2D eigenvalue weighted by atomic mass is 10.2. The quantitative estimate of drug-likeness (QED) is 0.745.